The summed E-state index contributed by atoms with van der Waals surface area (Å²) in [6.07, 6.45) is 1.07. The van der Waals surface area contributed by atoms with Crippen LogP contribution in [0.5, 0.6) is 5.75 Å². The number of aliphatic hydroxyl groups is 1. The maximum Gasteiger partial charge on any atom is 0.221 e. The van der Waals surface area contributed by atoms with Crippen LogP contribution in [0.25, 0.3) is 0 Å². The van der Waals surface area contributed by atoms with Crippen LogP contribution < -0.4 is 15.0 Å². The highest BCUT2D eigenvalue weighted by Crippen LogP contribution is 2.37. The van der Waals surface area contributed by atoms with Crippen molar-refractivity contribution in [1.82, 2.24) is 4.90 Å². The number of piperidine rings is 1. The summed E-state index contributed by atoms with van der Waals surface area (Å²) in [6, 6.07) is 20.7. The molecule has 5 rings (SSSR count). The van der Waals surface area contributed by atoms with Crippen molar-refractivity contribution in [3.63, 3.8) is 0 Å². The van der Waals surface area contributed by atoms with Gasteiger partial charge >= 0.3 is 0 Å². The van der Waals surface area contributed by atoms with Gasteiger partial charge in [-0.2, -0.15) is 0 Å². The number of carbonyl (C=O) groups is 1. The van der Waals surface area contributed by atoms with E-state index in [1.165, 1.54) is 13.0 Å². The molecule has 188 valence electrons. The second-order valence-electron chi connectivity index (χ2n) is 9.73. The Hall–Kier alpha value is -3.42. The highest BCUT2D eigenvalue weighted by Gasteiger charge is 2.35. The van der Waals surface area contributed by atoms with Crippen molar-refractivity contribution in [1.29, 1.82) is 0 Å². The highest BCUT2D eigenvalue weighted by molar-refractivity contribution is 5.88. The summed E-state index contributed by atoms with van der Waals surface area (Å²) in [5, 5.41) is 14.3. The molecule has 0 aliphatic carbocycles. The van der Waals surface area contributed by atoms with Gasteiger partial charge in [0, 0.05) is 50.9 Å². The molecule has 2 heterocycles. The smallest absolute Gasteiger partial charge is 0.221 e. The lowest BCUT2D eigenvalue weighted by atomic mass is 9.83. The number of halogens is 1. The molecule has 3 aromatic rings. The minimum atomic E-state index is -0.951. The molecule has 2 aliphatic rings. The van der Waals surface area contributed by atoms with Crippen molar-refractivity contribution >= 4 is 17.3 Å². The summed E-state index contributed by atoms with van der Waals surface area (Å²) in [7, 11) is 0. The lowest BCUT2D eigenvalue weighted by Gasteiger charge is -2.40. The van der Waals surface area contributed by atoms with E-state index in [2.05, 4.69) is 16.3 Å². The van der Waals surface area contributed by atoms with Crippen LogP contribution in [-0.2, 0) is 23.5 Å². The fourth-order valence-electron chi connectivity index (χ4n) is 5.14. The number of carbonyl (C=O) groups excluding carboxylic acids is 1. The minimum absolute atomic E-state index is 0.0839. The molecular weight excluding hydrogens is 457 g/mol. The van der Waals surface area contributed by atoms with Gasteiger partial charge in [-0.15, -0.1) is 0 Å². The van der Waals surface area contributed by atoms with Gasteiger partial charge in [-0.3, -0.25) is 9.69 Å². The van der Waals surface area contributed by atoms with Gasteiger partial charge in [0.25, 0.3) is 0 Å². The monoisotopic (exact) mass is 489 g/mol. The van der Waals surface area contributed by atoms with Crippen LogP contribution in [0.2, 0.25) is 0 Å². The predicted molar refractivity (Wildman–Crippen MR) is 139 cm³/mol. The summed E-state index contributed by atoms with van der Waals surface area (Å²) in [5.41, 5.74) is 3.53. The zero-order valence-corrected chi connectivity index (χ0v) is 20.5. The van der Waals surface area contributed by atoms with Crippen LogP contribution >= 0.6 is 0 Å². The molecule has 3 aromatic carbocycles. The molecule has 0 bridgehead atoms. The Labute approximate surface area is 211 Å². The number of ether oxygens (including phenoxy) is 1. The molecule has 0 atom stereocenters. The van der Waals surface area contributed by atoms with Gasteiger partial charge in [-0.05, 0) is 60.4 Å². The van der Waals surface area contributed by atoms with Crippen LogP contribution in [0.3, 0.4) is 0 Å². The quantitative estimate of drug-likeness (QED) is 0.546. The number of hydrogen-bond acceptors (Lipinski definition) is 5. The molecule has 6 nitrogen and oxygen atoms in total. The maximum atomic E-state index is 14.2. The molecule has 0 aromatic heterocycles. The zero-order chi connectivity index (χ0) is 25.1. The molecule has 1 saturated heterocycles. The Morgan fingerprint density at radius 1 is 1.06 bits per heavy atom. The number of rotatable bonds is 5. The first-order valence-corrected chi connectivity index (χ1v) is 12.5. The van der Waals surface area contributed by atoms with Crippen molar-refractivity contribution in [2.75, 3.05) is 36.5 Å². The van der Waals surface area contributed by atoms with Crippen molar-refractivity contribution in [3.05, 3.63) is 89.2 Å². The number of hydrogen-bond donors (Lipinski definition) is 2. The lowest BCUT2D eigenvalue weighted by molar-refractivity contribution is -0.114. The Balaban J connectivity index is 1.27. The van der Waals surface area contributed by atoms with E-state index in [-0.39, 0.29) is 11.7 Å². The van der Waals surface area contributed by atoms with E-state index in [4.69, 9.17) is 4.74 Å². The van der Waals surface area contributed by atoms with E-state index in [0.29, 0.717) is 44.8 Å². The Bertz CT molecular complexity index is 1220. The first-order valence-electron chi connectivity index (χ1n) is 12.5. The molecule has 0 saturated carbocycles. The molecule has 36 heavy (non-hydrogen) atoms. The van der Waals surface area contributed by atoms with Gasteiger partial charge in [0.1, 0.15) is 18.2 Å². The molecule has 0 unspecified atom stereocenters. The van der Waals surface area contributed by atoms with Gasteiger partial charge in [0.2, 0.25) is 5.91 Å². The largest absolute Gasteiger partial charge is 0.492 e. The van der Waals surface area contributed by atoms with Crippen LogP contribution in [0.1, 0.15) is 36.5 Å². The maximum absolute atomic E-state index is 14.2. The fraction of sp³-hybridized carbons (Fsp3) is 0.345. The second kappa shape index (κ2) is 10.3. The third kappa shape index (κ3) is 5.37. The van der Waals surface area contributed by atoms with Gasteiger partial charge in [-0.1, -0.05) is 30.3 Å². The van der Waals surface area contributed by atoms with E-state index >= 15 is 0 Å². The molecule has 0 radical (unpaired) electrons. The average Bonchev–Trinajstić information content (AvgIpc) is 3.07. The van der Waals surface area contributed by atoms with Crippen molar-refractivity contribution in [3.8, 4) is 5.75 Å². The number of amides is 1. The molecular formula is C29H32FN3O3. The summed E-state index contributed by atoms with van der Waals surface area (Å²) in [4.78, 5) is 15.6. The van der Waals surface area contributed by atoms with Crippen LogP contribution in [0, 0.1) is 5.82 Å². The first-order chi connectivity index (χ1) is 17.4. The Morgan fingerprint density at radius 3 is 2.53 bits per heavy atom. The molecule has 2 N–H and O–H groups in total. The van der Waals surface area contributed by atoms with Gasteiger partial charge in [-0.25, -0.2) is 4.39 Å². The van der Waals surface area contributed by atoms with Gasteiger partial charge in [0.05, 0.1) is 11.3 Å². The standard InChI is InChI=1S/C29H32FN3O3/c1-21(34)31-25-9-6-22(7-10-25)19-32-16-17-36-28-11-8-24(18-23(28)20-32)29(35)12-14-33(15-13-29)27-5-3-2-4-26(27)30/h2-11,18,35H,12-17,19-20H2,1H3,(H,31,34). The van der Waals surface area contributed by atoms with Gasteiger partial charge < -0.3 is 20.1 Å². The lowest BCUT2D eigenvalue weighted by Crippen LogP contribution is -2.43. The summed E-state index contributed by atoms with van der Waals surface area (Å²) in [5.74, 6) is 0.545. The first kappa shape index (κ1) is 24.3. The molecule has 7 heteroatoms. The molecule has 2 aliphatic heterocycles. The van der Waals surface area contributed by atoms with Crippen LogP contribution in [0.4, 0.5) is 15.8 Å². The topological polar surface area (TPSA) is 65.0 Å². The Kier molecular flexibility index (Phi) is 6.94. The SMILES string of the molecule is CC(=O)Nc1ccc(CN2CCOc3ccc(C4(O)CCN(c5ccccc5F)CC4)cc3C2)cc1. The van der Waals surface area contributed by atoms with E-state index < -0.39 is 5.60 Å². The van der Waals surface area contributed by atoms with E-state index in [1.807, 2.05) is 47.4 Å². The predicted octanol–water partition coefficient (Wildman–Crippen LogP) is 4.67. The van der Waals surface area contributed by atoms with Crippen molar-refractivity contribution < 1.29 is 19.0 Å². The van der Waals surface area contributed by atoms with Crippen LogP contribution in [0.15, 0.2) is 66.7 Å². The average molecular weight is 490 g/mol. The fourth-order valence-corrected chi connectivity index (χ4v) is 5.14. The number of nitrogens with one attached hydrogen (secondary N) is 1. The number of anilines is 2. The number of fused-ring (bicyclic) bond motifs is 1. The second-order valence-corrected chi connectivity index (χ2v) is 9.73. The van der Waals surface area contributed by atoms with Crippen molar-refractivity contribution in [2.24, 2.45) is 0 Å². The third-order valence-corrected chi connectivity index (χ3v) is 7.12. The molecule has 1 amide bonds. The molecule has 1 fully saturated rings. The number of para-hydroxylation sites is 1. The zero-order valence-electron chi connectivity index (χ0n) is 20.5. The molecule has 0 spiro atoms. The minimum Gasteiger partial charge on any atom is -0.492 e. The summed E-state index contributed by atoms with van der Waals surface area (Å²) in [6.45, 7) is 5.54. The van der Waals surface area contributed by atoms with E-state index in [0.717, 1.165) is 41.2 Å². The summed E-state index contributed by atoms with van der Waals surface area (Å²) >= 11 is 0. The van der Waals surface area contributed by atoms with E-state index in [1.54, 1.807) is 12.1 Å². The number of benzene rings is 3. The highest BCUT2D eigenvalue weighted by atomic mass is 19.1. The van der Waals surface area contributed by atoms with Gasteiger partial charge in [0.15, 0.2) is 0 Å². The normalized spacial score (nSPS) is 17.6. The Morgan fingerprint density at radius 2 is 1.81 bits per heavy atom. The summed E-state index contributed by atoms with van der Waals surface area (Å²) < 4.78 is 20.3. The number of nitrogens with zero attached hydrogens (tertiary/aromatic N) is 2. The van der Waals surface area contributed by atoms with Crippen LogP contribution in [-0.4, -0.2) is 42.2 Å². The van der Waals surface area contributed by atoms with E-state index in [9.17, 15) is 14.3 Å². The van der Waals surface area contributed by atoms with Crippen molar-refractivity contribution in [2.45, 2.75) is 38.5 Å². The third-order valence-electron chi connectivity index (χ3n) is 7.12.